The van der Waals surface area contributed by atoms with Gasteiger partial charge in [-0.3, -0.25) is 5.10 Å². The first kappa shape index (κ1) is 9.96. The number of H-pyrrole nitrogens is 2. The summed E-state index contributed by atoms with van der Waals surface area (Å²) < 4.78 is 0. The van der Waals surface area contributed by atoms with Crippen molar-refractivity contribution in [1.29, 1.82) is 0 Å². The molecular formula is C11H16N4. The van der Waals surface area contributed by atoms with Crippen molar-refractivity contribution >= 4 is 0 Å². The Balaban J connectivity index is 2.29. The van der Waals surface area contributed by atoms with E-state index in [-0.39, 0.29) is 0 Å². The summed E-state index contributed by atoms with van der Waals surface area (Å²) >= 11 is 0. The molecule has 0 aromatic carbocycles. The Bertz CT molecular complexity index is 392. The van der Waals surface area contributed by atoms with Gasteiger partial charge in [0.1, 0.15) is 0 Å². The fourth-order valence-corrected chi connectivity index (χ4v) is 1.81. The maximum Gasteiger partial charge on any atom is 0.0921 e. The van der Waals surface area contributed by atoms with Gasteiger partial charge in [0, 0.05) is 29.6 Å². The summed E-state index contributed by atoms with van der Waals surface area (Å²) in [4.78, 5) is 7.15. The SMILES string of the molecule is CCc1n[nH]c(CC)c1Cc1cnc[nH]1. The number of nitrogens with zero attached hydrogens (tertiary/aromatic N) is 2. The number of imidazole rings is 1. The number of rotatable bonds is 4. The molecule has 0 fully saturated rings. The van der Waals surface area contributed by atoms with Crippen LogP contribution in [0.1, 0.15) is 36.5 Å². The molecule has 0 aliphatic rings. The van der Waals surface area contributed by atoms with Crippen LogP contribution in [0, 0.1) is 0 Å². The van der Waals surface area contributed by atoms with E-state index in [0.717, 1.165) is 25.0 Å². The van der Waals surface area contributed by atoms with E-state index in [1.807, 2.05) is 6.20 Å². The molecule has 80 valence electrons. The summed E-state index contributed by atoms with van der Waals surface area (Å²) in [6, 6.07) is 0. The molecule has 0 aliphatic carbocycles. The molecule has 0 bridgehead atoms. The zero-order valence-corrected chi connectivity index (χ0v) is 9.17. The second-order valence-electron chi connectivity index (χ2n) is 3.59. The van der Waals surface area contributed by atoms with E-state index in [9.17, 15) is 0 Å². The Morgan fingerprint density at radius 1 is 1.27 bits per heavy atom. The zero-order valence-electron chi connectivity index (χ0n) is 9.17. The van der Waals surface area contributed by atoms with Gasteiger partial charge in [0.2, 0.25) is 0 Å². The number of hydrogen-bond acceptors (Lipinski definition) is 2. The molecular weight excluding hydrogens is 188 g/mol. The highest BCUT2D eigenvalue weighted by molar-refractivity contribution is 5.29. The highest BCUT2D eigenvalue weighted by atomic mass is 15.1. The molecule has 0 amide bonds. The Kier molecular flexibility index (Phi) is 2.85. The fraction of sp³-hybridized carbons (Fsp3) is 0.455. The molecule has 2 heterocycles. The molecule has 2 aromatic rings. The number of nitrogens with one attached hydrogen (secondary N) is 2. The lowest BCUT2D eigenvalue weighted by molar-refractivity contribution is 0.936. The molecule has 0 saturated carbocycles. The summed E-state index contributed by atoms with van der Waals surface area (Å²) in [6.07, 6.45) is 6.44. The van der Waals surface area contributed by atoms with Crippen LogP contribution in [0.2, 0.25) is 0 Å². The third kappa shape index (κ3) is 1.93. The van der Waals surface area contributed by atoms with Crippen LogP contribution in [0.3, 0.4) is 0 Å². The summed E-state index contributed by atoms with van der Waals surface area (Å²) in [5.41, 5.74) is 4.87. The van der Waals surface area contributed by atoms with Crippen LogP contribution in [0.25, 0.3) is 0 Å². The number of aromatic nitrogens is 4. The van der Waals surface area contributed by atoms with Crippen LogP contribution < -0.4 is 0 Å². The van der Waals surface area contributed by atoms with Crippen molar-refractivity contribution in [3.05, 3.63) is 35.2 Å². The normalized spacial score (nSPS) is 10.8. The second-order valence-corrected chi connectivity index (χ2v) is 3.59. The zero-order chi connectivity index (χ0) is 10.7. The third-order valence-electron chi connectivity index (χ3n) is 2.65. The predicted molar refractivity (Wildman–Crippen MR) is 58.7 cm³/mol. The van der Waals surface area contributed by atoms with Crippen LogP contribution in [0.15, 0.2) is 12.5 Å². The summed E-state index contributed by atoms with van der Waals surface area (Å²) in [7, 11) is 0. The van der Waals surface area contributed by atoms with Crippen LogP contribution in [-0.2, 0) is 19.3 Å². The Labute approximate surface area is 89.1 Å². The van der Waals surface area contributed by atoms with E-state index < -0.39 is 0 Å². The standard InChI is InChI=1S/C11H16N4/c1-3-10-9(11(4-2)15-14-10)5-8-6-12-7-13-8/h6-7H,3-5H2,1-2H3,(H,12,13)(H,14,15). The molecule has 0 radical (unpaired) electrons. The van der Waals surface area contributed by atoms with Crippen molar-refractivity contribution in [2.45, 2.75) is 33.1 Å². The fourth-order valence-electron chi connectivity index (χ4n) is 1.81. The molecule has 4 heteroatoms. The first-order valence-corrected chi connectivity index (χ1v) is 5.37. The van der Waals surface area contributed by atoms with E-state index in [1.54, 1.807) is 6.33 Å². The lowest BCUT2D eigenvalue weighted by Crippen LogP contribution is -1.96. The molecule has 15 heavy (non-hydrogen) atoms. The maximum atomic E-state index is 4.33. The first-order chi connectivity index (χ1) is 7.35. The van der Waals surface area contributed by atoms with E-state index in [1.165, 1.54) is 17.0 Å². The minimum absolute atomic E-state index is 0.892. The molecule has 0 saturated heterocycles. The summed E-state index contributed by atoms with van der Waals surface area (Å²) in [6.45, 7) is 4.27. The smallest absolute Gasteiger partial charge is 0.0921 e. The van der Waals surface area contributed by atoms with Crippen LogP contribution in [0.4, 0.5) is 0 Å². The van der Waals surface area contributed by atoms with Gasteiger partial charge < -0.3 is 4.98 Å². The van der Waals surface area contributed by atoms with E-state index in [4.69, 9.17) is 0 Å². The van der Waals surface area contributed by atoms with Gasteiger partial charge >= 0.3 is 0 Å². The average Bonchev–Trinajstić information content (AvgIpc) is 2.87. The minimum atomic E-state index is 0.892. The lowest BCUT2D eigenvalue weighted by atomic mass is 10.0. The monoisotopic (exact) mass is 204 g/mol. The topological polar surface area (TPSA) is 57.4 Å². The number of aryl methyl sites for hydroxylation is 2. The van der Waals surface area contributed by atoms with Gasteiger partial charge in [0.05, 0.1) is 12.0 Å². The quantitative estimate of drug-likeness (QED) is 0.798. The molecule has 0 atom stereocenters. The van der Waals surface area contributed by atoms with Gasteiger partial charge in [-0.25, -0.2) is 4.98 Å². The maximum absolute atomic E-state index is 4.33. The average molecular weight is 204 g/mol. The van der Waals surface area contributed by atoms with Gasteiger partial charge in [-0.15, -0.1) is 0 Å². The Morgan fingerprint density at radius 2 is 2.13 bits per heavy atom. The van der Waals surface area contributed by atoms with E-state index in [0.29, 0.717) is 0 Å². The van der Waals surface area contributed by atoms with Crippen molar-refractivity contribution in [1.82, 2.24) is 20.2 Å². The van der Waals surface area contributed by atoms with Crippen molar-refractivity contribution in [3.63, 3.8) is 0 Å². The molecule has 2 N–H and O–H groups in total. The Hall–Kier alpha value is -1.58. The first-order valence-electron chi connectivity index (χ1n) is 5.37. The molecule has 2 aromatic heterocycles. The number of aromatic amines is 2. The second kappa shape index (κ2) is 4.29. The Morgan fingerprint density at radius 3 is 2.73 bits per heavy atom. The minimum Gasteiger partial charge on any atom is -0.348 e. The summed E-state index contributed by atoms with van der Waals surface area (Å²) in [5.74, 6) is 0. The summed E-state index contributed by atoms with van der Waals surface area (Å²) in [5, 5.41) is 7.43. The van der Waals surface area contributed by atoms with Gasteiger partial charge in [-0.2, -0.15) is 5.10 Å². The van der Waals surface area contributed by atoms with Gasteiger partial charge in [0.15, 0.2) is 0 Å². The largest absolute Gasteiger partial charge is 0.348 e. The molecule has 0 spiro atoms. The molecule has 4 nitrogen and oxygen atoms in total. The van der Waals surface area contributed by atoms with Gasteiger partial charge in [-0.05, 0) is 12.8 Å². The molecule has 0 aliphatic heterocycles. The van der Waals surface area contributed by atoms with Crippen LogP contribution in [0.5, 0.6) is 0 Å². The van der Waals surface area contributed by atoms with Crippen molar-refractivity contribution in [2.75, 3.05) is 0 Å². The predicted octanol–water partition coefficient (Wildman–Crippen LogP) is 1.85. The molecule has 2 rings (SSSR count). The van der Waals surface area contributed by atoms with Crippen molar-refractivity contribution < 1.29 is 0 Å². The van der Waals surface area contributed by atoms with Crippen LogP contribution >= 0.6 is 0 Å². The van der Waals surface area contributed by atoms with Crippen LogP contribution in [-0.4, -0.2) is 20.2 Å². The van der Waals surface area contributed by atoms with E-state index in [2.05, 4.69) is 34.0 Å². The van der Waals surface area contributed by atoms with Gasteiger partial charge in [-0.1, -0.05) is 13.8 Å². The highest BCUT2D eigenvalue weighted by Gasteiger charge is 2.11. The lowest BCUT2D eigenvalue weighted by Gasteiger charge is -2.01. The van der Waals surface area contributed by atoms with Crippen molar-refractivity contribution in [3.8, 4) is 0 Å². The van der Waals surface area contributed by atoms with Crippen molar-refractivity contribution in [2.24, 2.45) is 0 Å². The third-order valence-corrected chi connectivity index (χ3v) is 2.65. The molecule has 0 unspecified atom stereocenters. The van der Waals surface area contributed by atoms with E-state index >= 15 is 0 Å². The van der Waals surface area contributed by atoms with Gasteiger partial charge in [0.25, 0.3) is 0 Å². The highest BCUT2D eigenvalue weighted by Crippen LogP contribution is 2.16. The number of hydrogen-bond donors (Lipinski definition) is 2.